The van der Waals surface area contributed by atoms with E-state index in [0.29, 0.717) is 29.0 Å². The van der Waals surface area contributed by atoms with Crippen molar-refractivity contribution in [3.05, 3.63) is 95.4 Å². The highest BCUT2D eigenvalue weighted by Crippen LogP contribution is 2.29. The van der Waals surface area contributed by atoms with E-state index in [9.17, 15) is 8.42 Å². The van der Waals surface area contributed by atoms with Crippen LogP contribution < -0.4 is 10.3 Å². The molecule has 0 spiro atoms. The number of hydrogen-bond acceptors (Lipinski definition) is 7. The molecule has 0 atom stereocenters. The highest BCUT2D eigenvalue weighted by atomic mass is 32.2. The summed E-state index contributed by atoms with van der Waals surface area (Å²) in [5.41, 5.74) is 8.06. The van der Waals surface area contributed by atoms with Crippen LogP contribution in [0.25, 0.3) is 11.3 Å². The summed E-state index contributed by atoms with van der Waals surface area (Å²) in [5.74, 6) is 0.515. The molecule has 4 aromatic rings. The third kappa shape index (κ3) is 6.73. The number of hydrogen-bond donors (Lipinski definition) is 1. The number of thiazole rings is 1. The lowest BCUT2D eigenvalue weighted by Gasteiger charge is -2.31. The fourth-order valence-corrected chi connectivity index (χ4v) is 6.86. The predicted molar refractivity (Wildman–Crippen MR) is 161 cm³/mol. The molecule has 1 fully saturated rings. The SMILES string of the molecule is CN(C)c1ccc(C=NNc2nc(-c3ccc(S(=O)(=O)N4CCC(Cc5ccccc5)CC4)cc3)cs2)cc1. The van der Waals surface area contributed by atoms with Crippen molar-refractivity contribution in [2.45, 2.75) is 24.2 Å². The summed E-state index contributed by atoms with van der Waals surface area (Å²) >= 11 is 1.45. The molecule has 0 unspecified atom stereocenters. The lowest BCUT2D eigenvalue weighted by atomic mass is 9.91. The van der Waals surface area contributed by atoms with Crippen molar-refractivity contribution in [2.75, 3.05) is 37.5 Å². The first-order chi connectivity index (χ1) is 18.9. The summed E-state index contributed by atoms with van der Waals surface area (Å²) in [6.45, 7) is 1.12. The Morgan fingerprint density at radius 1 is 1.00 bits per heavy atom. The fraction of sp³-hybridized carbons (Fsp3) is 0.267. The van der Waals surface area contributed by atoms with Crippen molar-refractivity contribution in [1.82, 2.24) is 9.29 Å². The van der Waals surface area contributed by atoms with E-state index < -0.39 is 10.0 Å². The molecule has 39 heavy (non-hydrogen) atoms. The molecule has 7 nitrogen and oxygen atoms in total. The minimum Gasteiger partial charge on any atom is -0.378 e. The second-order valence-electron chi connectivity index (χ2n) is 9.96. The maximum absolute atomic E-state index is 13.3. The Hall–Kier alpha value is -3.53. The standard InChI is InChI=1S/C30H33N5O2S2/c1-34(2)27-12-8-25(9-13-27)21-31-33-30-32-29(22-38-30)26-10-14-28(15-11-26)39(36,37)35-18-16-24(17-19-35)20-23-6-4-3-5-7-23/h3-15,21-22,24H,16-20H2,1-2H3,(H,32,33). The maximum Gasteiger partial charge on any atom is 0.243 e. The quantitative estimate of drug-likeness (QED) is 0.202. The average molecular weight is 560 g/mol. The normalized spacial score (nSPS) is 15.0. The second-order valence-corrected chi connectivity index (χ2v) is 12.8. The molecule has 2 heterocycles. The summed E-state index contributed by atoms with van der Waals surface area (Å²) in [4.78, 5) is 6.98. The Kier molecular flexibility index (Phi) is 8.40. The van der Waals surface area contributed by atoms with Gasteiger partial charge in [0, 0.05) is 43.8 Å². The molecule has 5 rings (SSSR count). The van der Waals surface area contributed by atoms with Crippen molar-refractivity contribution in [2.24, 2.45) is 11.0 Å². The van der Waals surface area contributed by atoms with Crippen LogP contribution in [0.3, 0.4) is 0 Å². The maximum atomic E-state index is 13.3. The van der Waals surface area contributed by atoms with Crippen molar-refractivity contribution in [3.8, 4) is 11.3 Å². The monoisotopic (exact) mass is 559 g/mol. The highest BCUT2D eigenvalue weighted by Gasteiger charge is 2.29. The summed E-state index contributed by atoms with van der Waals surface area (Å²) in [5, 5.41) is 6.90. The zero-order valence-electron chi connectivity index (χ0n) is 22.2. The van der Waals surface area contributed by atoms with Gasteiger partial charge in [0.1, 0.15) is 0 Å². The summed E-state index contributed by atoms with van der Waals surface area (Å²) in [6.07, 6.45) is 4.52. The minimum absolute atomic E-state index is 0.325. The number of benzene rings is 3. The molecule has 0 bridgehead atoms. The highest BCUT2D eigenvalue weighted by molar-refractivity contribution is 7.89. The Bertz CT molecular complexity index is 1490. The van der Waals surface area contributed by atoms with Crippen LogP contribution in [0.5, 0.6) is 0 Å². The van der Waals surface area contributed by atoms with Crippen molar-refractivity contribution in [3.63, 3.8) is 0 Å². The van der Waals surface area contributed by atoms with E-state index in [1.807, 2.05) is 66.8 Å². The largest absolute Gasteiger partial charge is 0.378 e. The van der Waals surface area contributed by atoms with Crippen molar-refractivity contribution in [1.29, 1.82) is 0 Å². The average Bonchev–Trinajstić information content (AvgIpc) is 3.43. The van der Waals surface area contributed by atoms with Gasteiger partial charge >= 0.3 is 0 Å². The second kappa shape index (κ2) is 12.1. The fourth-order valence-electron chi connectivity index (χ4n) is 4.73. The molecule has 0 aliphatic carbocycles. The molecule has 0 saturated carbocycles. The lowest BCUT2D eigenvalue weighted by molar-refractivity contribution is 0.273. The molecule has 1 aliphatic heterocycles. The molecular weight excluding hydrogens is 526 g/mol. The van der Waals surface area contributed by atoms with Crippen molar-refractivity contribution >= 4 is 38.4 Å². The molecule has 9 heteroatoms. The lowest BCUT2D eigenvalue weighted by Crippen LogP contribution is -2.38. The third-order valence-corrected chi connectivity index (χ3v) is 9.68. The first kappa shape index (κ1) is 27.1. The minimum atomic E-state index is -3.52. The summed E-state index contributed by atoms with van der Waals surface area (Å²) in [7, 11) is 0.499. The van der Waals surface area contributed by atoms with Crippen LogP contribution in [0, 0.1) is 5.92 Å². The molecule has 1 N–H and O–H groups in total. The van der Waals surface area contributed by atoms with Crippen LogP contribution in [0.15, 0.2) is 94.2 Å². The molecule has 1 saturated heterocycles. The first-order valence-electron chi connectivity index (χ1n) is 13.0. The molecule has 1 aromatic heterocycles. The summed E-state index contributed by atoms with van der Waals surface area (Å²) < 4.78 is 28.2. The molecule has 0 radical (unpaired) electrons. The topological polar surface area (TPSA) is 77.9 Å². The van der Waals surface area contributed by atoms with Crippen LogP contribution in [0.1, 0.15) is 24.0 Å². The number of anilines is 2. The van der Waals surface area contributed by atoms with Gasteiger partial charge in [-0.1, -0.05) is 54.6 Å². The Morgan fingerprint density at radius 3 is 2.36 bits per heavy atom. The number of aromatic nitrogens is 1. The van der Waals surface area contributed by atoms with Crippen molar-refractivity contribution < 1.29 is 8.42 Å². The van der Waals surface area contributed by atoms with E-state index >= 15 is 0 Å². The van der Waals surface area contributed by atoms with Gasteiger partial charge in [-0.15, -0.1) is 11.3 Å². The first-order valence-corrected chi connectivity index (χ1v) is 15.4. The molecule has 1 aliphatic rings. The Labute approximate surface area is 234 Å². The Balaban J connectivity index is 1.16. The smallest absolute Gasteiger partial charge is 0.243 e. The zero-order chi connectivity index (χ0) is 27.2. The van der Waals surface area contributed by atoms with Gasteiger partial charge in [-0.25, -0.2) is 13.4 Å². The van der Waals surface area contributed by atoms with Crippen LogP contribution in [0.4, 0.5) is 10.8 Å². The van der Waals surface area contributed by atoms with E-state index in [4.69, 9.17) is 0 Å². The van der Waals surface area contributed by atoms with Gasteiger partial charge in [-0.3, -0.25) is 5.43 Å². The van der Waals surface area contributed by atoms with Crippen LogP contribution >= 0.6 is 11.3 Å². The molecule has 202 valence electrons. The van der Waals surface area contributed by atoms with Gasteiger partial charge in [-0.05, 0) is 60.6 Å². The van der Waals surface area contributed by atoms with E-state index in [0.717, 1.165) is 41.8 Å². The van der Waals surface area contributed by atoms with E-state index in [2.05, 4.69) is 39.8 Å². The van der Waals surface area contributed by atoms with Gasteiger partial charge in [0.25, 0.3) is 0 Å². The van der Waals surface area contributed by atoms with Crippen LogP contribution in [0.2, 0.25) is 0 Å². The number of hydrazone groups is 1. The number of sulfonamides is 1. The van der Waals surface area contributed by atoms with Crippen LogP contribution in [-0.4, -0.2) is 51.1 Å². The van der Waals surface area contributed by atoms with Gasteiger partial charge in [0.15, 0.2) is 0 Å². The van der Waals surface area contributed by atoms with E-state index in [-0.39, 0.29) is 0 Å². The van der Waals surface area contributed by atoms with E-state index in [1.54, 1.807) is 22.7 Å². The number of nitrogens with one attached hydrogen (secondary N) is 1. The summed E-state index contributed by atoms with van der Waals surface area (Å²) in [6, 6.07) is 25.5. The van der Waals surface area contributed by atoms with Gasteiger partial charge < -0.3 is 4.90 Å². The third-order valence-electron chi connectivity index (χ3n) is 7.02. The van der Waals surface area contributed by atoms with Gasteiger partial charge in [0.05, 0.1) is 16.8 Å². The number of rotatable bonds is 9. The molecular formula is C30H33N5O2S2. The van der Waals surface area contributed by atoms with Gasteiger partial charge in [-0.2, -0.15) is 9.41 Å². The number of piperidine rings is 1. The Morgan fingerprint density at radius 2 is 1.69 bits per heavy atom. The molecule has 0 amide bonds. The van der Waals surface area contributed by atoms with E-state index in [1.165, 1.54) is 16.9 Å². The van der Waals surface area contributed by atoms with Crippen LogP contribution in [-0.2, 0) is 16.4 Å². The molecule has 3 aromatic carbocycles. The van der Waals surface area contributed by atoms with Gasteiger partial charge in [0.2, 0.25) is 15.2 Å². The zero-order valence-corrected chi connectivity index (χ0v) is 23.8. The predicted octanol–water partition coefficient (Wildman–Crippen LogP) is 5.97. The number of nitrogens with zero attached hydrogens (tertiary/aromatic N) is 4.